The van der Waals surface area contributed by atoms with Crippen LogP contribution in [0.3, 0.4) is 0 Å². The van der Waals surface area contributed by atoms with Crippen molar-refractivity contribution in [3.63, 3.8) is 0 Å². The summed E-state index contributed by atoms with van der Waals surface area (Å²) in [6, 6.07) is 5.26. The van der Waals surface area contributed by atoms with Crippen molar-refractivity contribution in [1.29, 1.82) is 0 Å². The maximum absolute atomic E-state index is 13.1. The van der Waals surface area contributed by atoms with Gasteiger partial charge in [0.1, 0.15) is 11.5 Å². The van der Waals surface area contributed by atoms with E-state index in [1.165, 1.54) is 18.2 Å². The van der Waals surface area contributed by atoms with E-state index in [-0.39, 0.29) is 5.56 Å². The van der Waals surface area contributed by atoms with Crippen LogP contribution in [0.2, 0.25) is 0 Å². The monoisotopic (exact) mass is 209 g/mol. The van der Waals surface area contributed by atoms with Gasteiger partial charge in [-0.05, 0) is 12.1 Å². The van der Waals surface area contributed by atoms with Gasteiger partial charge in [0.2, 0.25) is 0 Å². The normalized spacial score (nSPS) is 11.1. The number of hydrogen-bond donors (Lipinski definition) is 2. The third-order valence-electron chi connectivity index (χ3n) is 1.67. The second kappa shape index (κ2) is 4.36. The van der Waals surface area contributed by atoms with Gasteiger partial charge in [-0.3, -0.25) is 4.79 Å². The number of nitrogens with two attached hydrogens (primary N) is 1. The lowest BCUT2D eigenvalue weighted by molar-refractivity contribution is -0.132. The maximum atomic E-state index is 13.1. The van der Waals surface area contributed by atoms with Crippen molar-refractivity contribution in [2.45, 2.75) is 0 Å². The first-order chi connectivity index (χ1) is 7.02. The fourth-order valence-corrected chi connectivity index (χ4v) is 0.942. The molecule has 0 fully saturated rings. The molecule has 3 N–H and O–H groups in total. The Morgan fingerprint density at radius 3 is 2.47 bits per heavy atom. The zero-order valence-electron chi connectivity index (χ0n) is 7.61. The maximum Gasteiger partial charge on any atom is 0.351 e. The molecule has 0 heterocycles. The lowest BCUT2D eigenvalue weighted by Crippen LogP contribution is -2.12. The lowest BCUT2D eigenvalue weighted by Gasteiger charge is -1.98. The molecule has 0 saturated heterocycles. The summed E-state index contributed by atoms with van der Waals surface area (Å²) < 4.78 is 13.1. The van der Waals surface area contributed by atoms with Gasteiger partial charge in [-0.15, -0.1) is 0 Å². The Morgan fingerprint density at radius 2 is 1.93 bits per heavy atom. The van der Waals surface area contributed by atoms with Crippen LogP contribution in [0, 0.1) is 5.82 Å². The Labute approximate surface area is 84.8 Å². The molecule has 78 valence electrons. The van der Waals surface area contributed by atoms with Crippen LogP contribution in [-0.4, -0.2) is 16.9 Å². The zero-order chi connectivity index (χ0) is 11.4. The molecule has 0 aromatic heterocycles. The average Bonchev–Trinajstić information content (AvgIpc) is 2.18. The van der Waals surface area contributed by atoms with E-state index in [4.69, 9.17) is 10.8 Å². The quantitative estimate of drug-likeness (QED) is 0.573. The van der Waals surface area contributed by atoms with Crippen LogP contribution in [-0.2, 0) is 4.79 Å². The number of benzene rings is 1. The summed E-state index contributed by atoms with van der Waals surface area (Å²) in [6.07, 6.45) is 0.681. The van der Waals surface area contributed by atoms with Crippen molar-refractivity contribution in [2.24, 2.45) is 5.73 Å². The topological polar surface area (TPSA) is 80.4 Å². The van der Waals surface area contributed by atoms with E-state index < -0.39 is 23.3 Å². The second-order valence-corrected chi connectivity index (χ2v) is 2.75. The van der Waals surface area contributed by atoms with Crippen molar-refractivity contribution >= 4 is 11.8 Å². The van der Waals surface area contributed by atoms with Crippen molar-refractivity contribution in [3.8, 4) is 0 Å². The van der Waals surface area contributed by atoms with Crippen LogP contribution in [0.5, 0.6) is 0 Å². The highest BCUT2D eigenvalue weighted by Gasteiger charge is 2.10. The Hall–Kier alpha value is -2.17. The van der Waals surface area contributed by atoms with Gasteiger partial charge in [0.05, 0.1) is 5.56 Å². The predicted molar refractivity (Wildman–Crippen MR) is 50.6 cm³/mol. The largest absolute Gasteiger partial charge is 0.477 e. The molecule has 15 heavy (non-hydrogen) atoms. The van der Waals surface area contributed by atoms with Gasteiger partial charge >= 0.3 is 5.97 Å². The van der Waals surface area contributed by atoms with E-state index in [0.717, 1.165) is 6.07 Å². The molecular formula is C10H8FNO3. The van der Waals surface area contributed by atoms with Crippen LogP contribution in [0.25, 0.3) is 0 Å². The van der Waals surface area contributed by atoms with Crippen LogP contribution >= 0.6 is 0 Å². The summed E-state index contributed by atoms with van der Waals surface area (Å²) >= 11 is 0. The van der Waals surface area contributed by atoms with E-state index in [1.54, 1.807) is 0 Å². The third kappa shape index (κ3) is 2.63. The number of aliphatic carboxylic acids is 1. The number of halogens is 1. The minimum Gasteiger partial charge on any atom is -0.477 e. The van der Waals surface area contributed by atoms with Gasteiger partial charge in [0.15, 0.2) is 5.78 Å². The average molecular weight is 209 g/mol. The van der Waals surface area contributed by atoms with Gasteiger partial charge in [0, 0.05) is 6.08 Å². The van der Waals surface area contributed by atoms with Crippen LogP contribution in [0.15, 0.2) is 36.0 Å². The fraction of sp³-hybridized carbons (Fsp3) is 0. The summed E-state index contributed by atoms with van der Waals surface area (Å²) in [6.45, 7) is 0. The van der Waals surface area contributed by atoms with Crippen molar-refractivity contribution in [2.75, 3.05) is 0 Å². The van der Waals surface area contributed by atoms with E-state index in [9.17, 15) is 14.0 Å². The number of allylic oxidation sites excluding steroid dienone is 1. The number of hydrogen-bond acceptors (Lipinski definition) is 3. The van der Waals surface area contributed by atoms with Crippen molar-refractivity contribution < 1.29 is 19.1 Å². The number of carboxylic acid groups (broad SMARTS) is 1. The highest BCUT2D eigenvalue weighted by Crippen LogP contribution is 2.08. The molecule has 0 amide bonds. The second-order valence-electron chi connectivity index (χ2n) is 2.75. The lowest BCUT2D eigenvalue weighted by atomic mass is 10.1. The number of carbonyl (C=O) groups excluding carboxylic acids is 1. The molecule has 0 radical (unpaired) electrons. The molecule has 1 rings (SSSR count). The summed E-state index contributed by atoms with van der Waals surface area (Å²) in [5.41, 5.74) is 4.19. The van der Waals surface area contributed by atoms with Crippen LogP contribution < -0.4 is 5.73 Å². The summed E-state index contributed by atoms with van der Waals surface area (Å²) in [4.78, 5) is 21.6. The molecule has 0 saturated carbocycles. The third-order valence-corrected chi connectivity index (χ3v) is 1.67. The molecule has 0 aliphatic rings. The molecule has 1 aromatic carbocycles. The van der Waals surface area contributed by atoms with Gasteiger partial charge in [-0.1, -0.05) is 12.1 Å². The molecule has 5 heteroatoms. The summed E-state index contributed by atoms with van der Waals surface area (Å²) in [5, 5.41) is 8.41. The number of rotatable bonds is 3. The zero-order valence-corrected chi connectivity index (χ0v) is 7.61. The van der Waals surface area contributed by atoms with Crippen LogP contribution in [0.1, 0.15) is 10.4 Å². The van der Waals surface area contributed by atoms with E-state index in [0.29, 0.717) is 6.08 Å². The molecule has 0 bridgehead atoms. The minimum atomic E-state index is -1.42. The Bertz CT molecular complexity index is 440. The molecule has 1 aromatic rings. The number of ketones is 1. The van der Waals surface area contributed by atoms with E-state index in [1.807, 2.05) is 0 Å². The van der Waals surface area contributed by atoms with Crippen molar-refractivity contribution in [1.82, 2.24) is 0 Å². The molecular weight excluding hydrogens is 201 g/mol. The predicted octanol–water partition coefficient (Wildman–Crippen LogP) is 0.936. The number of carbonyl (C=O) groups is 2. The molecule has 0 aliphatic carbocycles. The van der Waals surface area contributed by atoms with Crippen LogP contribution in [0.4, 0.5) is 4.39 Å². The Morgan fingerprint density at radius 1 is 1.33 bits per heavy atom. The Balaban J connectivity index is 3.02. The standard InChI is InChI=1S/C10H8FNO3/c11-7-4-2-1-3-6(7)9(13)5-8(12)10(14)15/h1-5H,12H2,(H,14,15). The first-order valence-corrected chi connectivity index (χ1v) is 4.01. The van der Waals surface area contributed by atoms with Gasteiger partial charge in [-0.2, -0.15) is 0 Å². The summed E-state index contributed by atoms with van der Waals surface area (Å²) in [5.74, 6) is -2.90. The molecule has 0 unspecified atom stereocenters. The molecule has 0 atom stereocenters. The molecule has 4 nitrogen and oxygen atoms in total. The van der Waals surface area contributed by atoms with Gasteiger partial charge in [-0.25, -0.2) is 9.18 Å². The van der Waals surface area contributed by atoms with E-state index >= 15 is 0 Å². The summed E-state index contributed by atoms with van der Waals surface area (Å²) in [7, 11) is 0. The molecule has 0 aliphatic heterocycles. The molecule has 0 spiro atoms. The van der Waals surface area contributed by atoms with Gasteiger partial charge < -0.3 is 10.8 Å². The highest BCUT2D eigenvalue weighted by atomic mass is 19.1. The SMILES string of the molecule is NC(=CC(=O)c1ccccc1F)C(=O)O. The number of carboxylic acids is 1. The fourth-order valence-electron chi connectivity index (χ4n) is 0.942. The first-order valence-electron chi connectivity index (χ1n) is 4.01. The van der Waals surface area contributed by atoms with E-state index in [2.05, 4.69) is 0 Å². The Kier molecular flexibility index (Phi) is 3.17. The smallest absolute Gasteiger partial charge is 0.351 e. The van der Waals surface area contributed by atoms with Gasteiger partial charge in [0.25, 0.3) is 0 Å². The first kappa shape index (κ1) is 10.9. The van der Waals surface area contributed by atoms with Crippen molar-refractivity contribution in [3.05, 3.63) is 47.4 Å². The minimum absolute atomic E-state index is 0.207. The highest BCUT2D eigenvalue weighted by molar-refractivity contribution is 6.08.